The van der Waals surface area contributed by atoms with E-state index in [1.807, 2.05) is 6.07 Å². The summed E-state index contributed by atoms with van der Waals surface area (Å²) in [6.45, 7) is 4.44. The molecule has 1 heterocycles. The average Bonchev–Trinajstić information content (AvgIpc) is 3.38. The van der Waals surface area contributed by atoms with Gasteiger partial charge in [-0.15, -0.1) is 0 Å². The molecule has 2 aromatic rings. The minimum Gasteiger partial charge on any atom is -0.486 e. The Hall–Kier alpha value is -2.74. The Labute approximate surface area is 166 Å². The molecule has 4 rings (SSSR count). The molecule has 1 fully saturated rings. The maximum atomic E-state index is 10.6. The molecule has 2 aromatic carbocycles. The molecule has 156 valence electrons. The van der Waals surface area contributed by atoms with Crippen LogP contribution in [-0.4, -0.2) is 36.0 Å². The number of halogens is 3. The van der Waals surface area contributed by atoms with E-state index in [-0.39, 0.29) is 5.54 Å². The van der Waals surface area contributed by atoms with Crippen molar-refractivity contribution < 1.29 is 32.5 Å². The molecule has 1 aliphatic heterocycles. The SMILES string of the molecule is C[C@@]1(NCc2ccc3c(c2)OCCO3)C[C@H]1c1ccccc1.O=C(O)C(F)(F)F. The number of carboxylic acids is 1. The summed E-state index contributed by atoms with van der Waals surface area (Å²) in [6.07, 6.45) is -3.89. The van der Waals surface area contributed by atoms with Gasteiger partial charge in [-0.1, -0.05) is 36.4 Å². The van der Waals surface area contributed by atoms with Gasteiger partial charge in [-0.2, -0.15) is 13.2 Å². The van der Waals surface area contributed by atoms with Gasteiger partial charge in [-0.05, 0) is 36.6 Å². The van der Waals surface area contributed by atoms with Gasteiger partial charge in [-0.25, -0.2) is 4.79 Å². The second-order valence-electron chi connectivity index (χ2n) is 7.22. The van der Waals surface area contributed by atoms with Crippen LogP contribution in [0.1, 0.15) is 30.4 Å². The van der Waals surface area contributed by atoms with Gasteiger partial charge in [-0.3, -0.25) is 0 Å². The predicted octanol–water partition coefficient (Wildman–Crippen LogP) is 4.13. The van der Waals surface area contributed by atoms with Gasteiger partial charge in [0.15, 0.2) is 11.5 Å². The number of hydrogen-bond donors (Lipinski definition) is 2. The number of benzene rings is 2. The summed E-state index contributed by atoms with van der Waals surface area (Å²) >= 11 is 0. The van der Waals surface area contributed by atoms with Crippen molar-refractivity contribution in [2.75, 3.05) is 13.2 Å². The number of aliphatic carboxylic acids is 1. The summed E-state index contributed by atoms with van der Waals surface area (Å²) in [5.41, 5.74) is 2.87. The molecule has 2 N–H and O–H groups in total. The molecule has 0 unspecified atom stereocenters. The molecule has 0 saturated heterocycles. The Morgan fingerprint density at radius 2 is 1.76 bits per heavy atom. The van der Waals surface area contributed by atoms with E-state index in [9.17, 15) is 13.2 Å². The van der Waals surface area contributed by atoms with Crippen LogP contribution < -0.4 is 14.8 Å². The third kappa shape index (κ3) is 5.41. The van der Waals surface area contributed by atoms with E-state index in [4.69, 9.17) is 19.4 Å². The van der Waals surface area contributed by atoms with Crippen molar-refractivity contribution >= 4 is 5.97 Å². The first-order valence-electron chi connectivity index (χ1n) is 9.18. The lowest BCUT2D eigenvalue weighted by Gasteiger charge is -2.20. The zero-order valence-electron chi connectivity index (χ0n) is 15.8. The maximum absolute atomic E-state index is 10.6. The monoisotopic (exact) mass is 409 g/mol. The van der Waals surface area contributed by atoms with Gasteiger partial charge >= 0.3 is 12.1 Å². The first-order chi connectivity index (χ1) is 13.7. The van der Waals surface area contributed by atoms with Gasteiger partial charge in [0.25, 0.3) is 0 Å². The van der Waals surface area contributed by atoms with Gasteiger partial charge in [0, 0.05) is 18.0 Å². The molecule has 29 heavy (non-hydrogen) atoms. The van der Waals surface area contributed by atoms with Crippen LogP contribution in [0.5, 0.6) is 11.5 Å². The average molecular weight is 409 g/mol. The van der Waals surface area contributed by atoms with E-state index in [0.717, 1.165) is 18.0 Å². The summed E-state index contributed by atoms with van der Waals surface area (Å²) in [7, 11) is 0. The van der Waals surface area contributed by atoms with Crippen molar-refractivity contribution in [3.63, 3.8) is 0 Å². The lowest BCUT2D eigenvalue weighted by Crippen LogP contribution is -2.29. The van der Waals surface area contributed by atoms with Gasteiger partial charge in [0.1, 0.15) is 13.2 Å². The number of ether oxygens (including phenoxy) is 2. The van der Waals surface area contributed by atoms with Gasteiger partial charge < -0.3 is 19.9 Å². The molecule has 0 spiro atoms. The maximum Gasteiger partial charge on any atom is 0.490 e. The standard InChI is InChI=1S/C19H21NO2.C2HF3O2/c1-19(12-16(19)15-5-3-2-4-6-15)20-13-14-7-8-17-18(11-14)22-10-9-21-17;3-2(4,5)1(6)7/h2-8,11,16,20H,9-10,12-13H2,1H3;(H,6,7)/t16-,19+;/m0./s1. The largest absolute Gasteiger partial charge is 0.490 e. The number of nitrogens with one attached hydrogen (secondary N) is 1. The molecule has 2 aliphatic rings. The number of fused-ring (bicyclic) bond motifs is 1. The molecule has 0 bridgehead atoms. The van der Waals surface area contributed by atoms with E-state index in [0.29, 0.717) is 19.1 Å². The minimum absolute atomic E-state index is 0.203. The topological polar surface area (TPSA) is 67.8 Å². The van der Waals surface area contributed by atoms with Crippen LogP contribution in [0, 0.1) is 0 Å². The lowest BCUT2D eigenvalue weighted by atomic mass is 10.1. The van der Waals surface area contributed by atoms with Crippen molar-refractivity contribution in [1.29, 1.82) is 0 Å². The van der Waals surface area contributed by atoms with Crippen molar-refractivity contribution in [3.8, 4) is 11.5 Å². The minimum atomic E-state index is -5.08. The van der Waals surface area contributed by atoms with E-state index < -0.39 is 12.1 Å². The molecular weight excluding hydrogens is 387 g/mol. The molecule has 0 aromatic heterocycles. The van der Waals surface area contributed by atoms with Crippen LogP contribution >= 0.6 is 0 Å². The molecule has 0 radical (unpaired) electrons. The molecule has 1 aliphatic carbocycles. The highest BCUT2D eigenvalue weighted by atomic mass is 19.4. The predicted molar refractivity (Wildman–Crippen MR) is 100 cm³/mol. The smallest absolute Gasteiger partial charge is 0.486 e. The van der Waals surface area contributed by atoms with E-state index in [1.54, 1.807) is 0 Å². The van der Waals surface area contributed by atoms with Gasteiger partial charge in [0.2, 0.25) is 0 Å². The zero-order chi connectivity index (χ0) is 21.1. The van der Waals surface area contributed by atoms with Crippen molar-refractivity contribution in [3.05, 3.63) is 59.7 Å². The summed E-state index contributed by atoms with van der Waals surface area (Å²) in [4.78, 5) is 8.90. The zero-order valence-corrected chi connectivity index (χ0v) is 15.8. The fourth-order valence-corrected chi connectivity index (χ4v) is 3.23. The second kappa shape index (κ2) is 8.32. The quantitative estimate of drug-likeness (QED) is 0.795. The van der Waals surface area contributed by atoms with Crippen LogP contribution in [-0.2, 0) is 11.3 Å². The highest BCUT2D eigenvalue weighted by molar-refractivity contribution is 5.73. The summed E-state index contributed by atoms with van der Waals surface area (Å²) in [6, 6.07) is 17.0. The third-order valence-electron chi connectivity index (χ3n) is 4.98. The Balaban J connectivity index is 0.000000298. The number of hydrogen-bond acceptors (Lipinski definition) is 4. The van der Waals surface area contributed by atoms with Crippen LogP contribution in [0.15, 0.2) is 48.5 Å². The first-order valence-corrected chi connectivity index (χ1v) is 9.18. The van der Waals surface area contributed by atoms with Crippen LogP contribution in [0.2, 0.25) is 0 Å². The van der Waals surface area contributed by atoms with E-state index in [1.165, 1.54) is 17.5 Å². The van der Waals surface area contributed by atoms with Crippen molar-refractivity contribution in [2.24, 2.45) is 0 Å². The normalized spacial score (nSPS) is 22.3. The fraction of sp³-hybridized carbons (Fsp3) is 0.381. The third-order valence-corrected chi connectivity index (χ3v) is 4.98. The van der Waals surface area contributed by atoms with Gasteiger partial charge in [0.05, 0.1) is 0 Å². The molecule has 2 atom stereocenters. The van der Waals surface area contributed by atoms with Crippen LogP contribution in [0.3, 0.4) is 0 Å². The van der Waals surface area contributed by atoms with Crippen molar-refractivity contribution in [1.82, 2.24) is 5.32 Å². The number of alkyl halides is 3. The van der Waals surface area contributed by atoms with E-state index in [2.05, 4.69) is 54.7 Å². The highest BCUT2D eigenvalue weighted by Gasteiger charge is 2.50. The van der Waals surface area contributed by atoms with Crippen LogP contribution in [0.25, 0.3) is 0 Å². The van der Waals surface area contributed by atoms with Crippen molar-refractivity contribution in [2.45, 2.75) is 37.5 Å². The Kier molecular flexibility index (Phi) is 6.02. The molecule has 5 nitrogen and oxygen atoms in total. The summed E-state index contributed by atoms with van der Waals surface area (Å²) in [5.74, 6) is -0.417. The Morgan fingerprint density at radius 1 is 1.14 bits per heavy atom. The fourth-order valence-electron chi connectivity index (χ4n) is 3.23. The Bertz CT molecular complexity index is 857. The summed E-state index contributed by atoms with van der Waals surface area (Å²) in [5, 5.41) is 10.8. The first kappa shape index (κ1) is 21.0. The second-order valence-corrected chi connectivity index (χ2v) is 7.22. The van der Waals surface area contributed by atoms with E-state index >= 15 is 0 Å². The molecule has 0 amide bonds. The molecule has 8 heteroatoms. The number of rotatable bonds is 4. The summed E-state index contributed by atoms with van der Waals surface area (Å²) < 4.78 is 43.0. The van der Waals surface area contributed by atoms with Crippen LogP contribution in [0.4, 0.5) is 13.2 Å². The lowest BCUT2D eigenvalue weighted by molar-refractivity contribution is -0.192. The highest BCUT2D eigenvalue weighted by Crippen LogP contribution is 2.51. The number of carboxylic acid groups (broad SMARTS) is 1. The molecular formula is C21H22F3NO4. The number of carbonyl (C=O) groups is 1. The molecule has 1 saturated carbocycles. The Morgan fingerprint density at radius 3 is 2.38 bits per heavy atom.